The number of hydrogen-bond acceptors (Lipinski definition) is 5. The molecule has 1 saturated heterocycles. The molecule has 0 spiro atoms. The predicted molar refractivity (Wildman–Crippen MR) is 130 cm³/mol. The molecule has 2 N–H and O–H groups in total. The zero-order valence-corrected chi connectivity index (χ0v) is 19.5. The summed E-state index contributed by atoms with van der Waals surface area (Å²) in [6.45, 7) is 2.63. The van der Waals surface area contributed by atoms with E-state index in [4.69, 9.17) is 4.42 Å². The second-order valence-electron chi connectivity index (χ2n) is 6.77. The van der Waals surface area contributed by atoms with E-state index in [2.05, 4.69) is 43.0 Å². The number of guanidine groups is 1. The summed E-state index contributed by atoms with van der Waals surface area (Å²) in [4.78, 5) is 11.2. The molecule has 0 amide bonds. The highest BCUT2D eigenvalue weighted by atomic mass is 127. The van der Waals surface area contributed by atoms with Gasteiger partial charge in [-0.05, 0) is 30.4 Å². The summed E-state index contributed by atoms with van der Waals surface area (Å²) in [5.74, 6) is 2.21. The molecule has 4 rings (SSSR count). The minimum absolute atomic E-state index is 0. The Kier molecular flexibility index (Phi) is 7.93. The average molecular weight is 523 g/mol. The number of halogens is 1. The third-order valence-electron chi connectivity index (χ3n) is 4.90. The molecule has 29 heavy (non-hydrogen) atoms. The van der Waals surface area contributed by atoms with Crippen LogP contribution in [0.3, 0.4) is 0 Å². The summed E-state index contributed by atoms with van der Waals surface area (Å²) in [7, 11) is 1.79. The number of rotatable bonds is 5. The van der Waals surface area contributed by atoms with Crippen LogP contribution in [-0.4, -0.2) is 37.1 Å². The molecule has 1 aliphatic heterocycles. The van der Waals surface area contributed by atoms with E-state index in [1.54, 1.807) is 13.2 Å². The summed E-state index contributed by atoms with van der Waals surface area (Å²) < 4.78 is 5.85. The van der Waals surface area contributed by atoms with Gasteiger partial charge in [0.1, 0.15) is 0 Å². The molecule has 0 saturated carbocycles. The van der Waals surface area contributed by atoms with Crippen molar-refractivity contribution in [2.45, 2.75) is 25.4 Å². The summed E-state index contributed by atoms with van der Waals surface area (Å²) in [6, 6.07) is 14.7. The summed E-state index contributed by atoms with van der Waals surface area (Å²) in [5.41, 5.74) is 1.03. The Morgan fingerprint density at radius 1 is 1.21 bits per heavy atom. The van der Waals surface area contributed by atoms with Crippen LogP contribution in [0.2, 0.25) is 0 Å². The van der Waals surface area contributed by atoms with Crippen LogP contribution in [0.5, 0.6) is 0 Å². The maximum Gasteiger partial charge on any atom is 0.214 e. The van der Waals surface area contributed by atoms with Crippen molar-refractivity contribution in [1.29, 1.82) is 0 Å². The molecule has 1 fully saturated rings. The molecule has 0 radical (unpaired) electrons. The normalized spacial score (nSPS) is 15.1. The first-order valence-corrected chi connectivity index (χ1v) is 10.5. The van der Waals surface area contributed by atoms with Crippen LogP contribution < -0.4 is 15.5 Å². The lowest BCUT2D eigenvalue weighted by Crippen LogP contribution is -2.48. The van der Waals surface area contributed by atoms with E-state index < -0.39 is 0 Å². The fourth-order valence-corrected chi connectivity index (χ4v) is 4.15. The van der Waals surface area contributed by atoms with Gasteiger partial charge in [0, 0.05) is 31.7 Å². The first kappa shape index (κ1) is 21.6. The monoisotopic (exact) mass is 523 g/mol. The summed E-state index contributed by atoms with van der Waals surface area (Å²) >= 11 is 1.81. The molecule has 0 bridgehead atoms. The Bertz CT molecular complexity index is 889. The van der Waals surface area contributed by atoms with Crippen LogP contribution in [0.1, 0.15) is 18.7 Å². The van der Waals surface area contributed by atoms with Crippen molar-refractivity contribution >= 4 is 46.3 Å². The number of aliphatic imine (C=N–C) groups is 1. The fourth-order valence-electron chi connectivity index (χ4n) is 3.37. The second-order valence-corrected chi connectivity index (χ2v) is 7.69. The Hall–Kier alpha value is -2.07. The zero-order valence-electron chi connectivity index (χ0n) is 16.4. The molecule has 0 atom stereocenters. The highest BCUT2D eigenvalue weighted by Gasteiger charge is 2.20. The van der Waals surface area contributed by atoms with Crippen LogP contribution in [0.25, 0.3) is 11.3 Å². The van der Waals surface area contributed by atoms with Gasteiger partial charge < -0.3 is 20.0 Å². The van der Waals surface area contributed by atoms with Crippen molar-refractivity contribution in [1.82, 2.24) is 15.6 Å². The van der Waals surface area contributed by atoms with Crippen LogP contribution >= 0.6 is 35.3 Å². The van der Waals surface area contributed by atoms with Crippen molar-refractivity contribution in [2.75, 3.05) is 25.0 Å². The van der Waals surface area contributed by atoms with E-state index in [1.807, 2.05) is 41.7 Å². The van der Waals surface area contributed by atoms with Gasteiger partial charge in [-0.3, -0.25) is 4.99 Å². The Morgan fingerprint density at radius 3 is 2.69 bits per heavy atom. The molecule has 1 aromatic carbocycles. The van der Waals surface area contributed by atoms with Crippen molar-refractivity contribution in [3.63, 3.8) is 0 Å². The van der Waals surface area contributed by atoms with E-state index in [9.17, 15) is 0 Å². The van der Waals surface area contributed by atoms with Gasteiger partial charge in [-0.1, -0.05) is 30.3 Å². The first-order chi connectivity index (χ1) is 13.8. The van der Waals surface area contributed by atoms with Crippen LogP contribution in [-0.2, 0) is 6.54 Å². The van der Waals surface area contributed by atoms with E-state index >= 15 is 0 Å². The summed E-state index contributed by atoms with van der Waals surface area (Å²) in [5, 5.41) is 10.3. The molecular weight excluding hydrogens is 497 g/mol. The predicted octanol–water partition coefficient (Wildman–Crippen LogP) is 4.36. The molecule has 154 valence electrons. The van der Waals surface area contributed by atoms with Gasteiger partial charge in [-0.2, -0.15) is 0 Å². The zero-order chi connectivity index (χ0) is 19.2. The minimum Gasteiger partial charge on any atom is -0.439 e. The highest BCUT2D eigenvalue weighted by molar-refractivity contribution is 14.0. The van der Waals surface area contributed by atoms with Gasteiger partial charge in [0.05, 0.1) is 17.7 Å². The lowest BCUT2D eigenvalue weighted by atomic mass is 10.1. The maximum atomic E-state index is 5.85. The van der Waals surface area contributed by atoms with E-state index in [-0.39, 0.29) is 24.0 Å². The quantitative estimate of drug-likeness (QED) is 0.296. The largest absolute Gasteiger partial charge is 0.439 e. The summed E-state index contributed by atoms with van der Waals surface area (Å²) in [6.07, 6.45) is 3.95. The number of oxazole rings is 1. The van der Waals surface area contributed by atoms with Crippen LogP contribution in [0, 0.1) is 0 Å². The Labute approximate surface area is 192 Å². The van der Waals surface area contributed by atoms with Gasteiger partial charge in [0.15, 0.2) is 11.7 Å². The average Bonchev–Trinajstić information content (AvgIpc) is 3.44. The van der Waals surface area contributed by atoms with Gasteiger partial charge in [-0.15, -0.1) is 35.3 Å². The number of nitrogens with zero attached hydrogens (tertiary/aromatic N) is 3. The Balaban J connectivity index is 0.00000240. The standard InChI is InChI=1S/C21H25N5OS.HI/c1-22-21(25-17-9-11-26(12-10-17)20-8-5-13-28-20)24-15-19-23-14-18(27-19)16-6-3-2-4-7-16;/h2-8,13-14,17H,9-12,15H2,1H3,(H2,22,24,25);1H. The number of aromatic nitrogens is 1. The number of benzene rings is 1. The Morgan fingerprint density at radius 2 is 2.00 bits per heavy atom. The smallest absolute Gasteiger partial charge is 0.214 e. The molecule has 6 nitrogen and oxygen atoms in total. The lowest BCUT2D eigenvalue weighted by molar-refractivity contribution is 0.457. The number of thiophene rings is 1. The molecule has 0 aliphatic carbocycles. The first-order valence-electron chi connectivity index (χ1n) is 9.57. The molecule has 0 unspecified atom stereocenters. The third-order valence-corrected chi connectivity index (χ3v) is 5.83. The maximum absolute atomic E-state index is 5.85. The van der Waals surface area contributed by atoms with E-state index in [0.717, 1.165) is 43.2 Å². The molecule has 3 heterocycles. The van der Waals surface area contributed by atoms with Crippen LogP contribution in [0.15, 0.2) is 63.5 Å². The second kappa shape index (κ2) is 10.6. The minimum atomic E-state index is 0. The highest BCUT2D eigenvalue weighted by Crippen LogP contribution is 2.24. The van der Waals surface area contributed by atoms with E-state index in [1.165, 1.54) is 5.00 Å². The van der Waals surface area contributed by atoms with Crippen molar-refractivity contribution in [3.8, 4) is 11.3 Å². The van der Waals surface area contributed by atoms with Crippen molar-refractivity contribution in [2.24, 2.45) is 4.99 Å². The number of nitrogens with one attached hydrogen (secondary N) is 2. The van der Waals surface area contributed by atoms with Gasteiger partial charge in [-0.25, -0.2) is 4.98 Å². The van der Waals surface area contributed by atoms with Crippen molar-refractivity contribution < 1.29 is 4.42 Å². The lowest BCUT2D eigenvalue weighted by Gasteiger charge is -2.33. The third kappa shape index (κ3) is 5.72. The van der Waals surface area contributed by atoms with Crippen molar-refractivity contribution in [3.05, 3.63) is 59.9 Å². The molecular formula is C21H26IN5OS. The van der Waals surface area contributed by atoms with E-state index in [0.29, 0.717) is 18.5 Å². The molecule has 3 aromatic rings. The SMILES string of the molecule is CN=C(NCc1ncc(-c2ccccc2)o1)NC1CCN(c2cccs2)CC1.I. The van der Waals surface area contributed by atoms with Crippen LogP contribution in [0.4, 0.5) is 5.00 Å². The molecule has 2 aromatic heterocycles. The van der Waals surface area contributed by atoms with Gasteiger partial charge >= 0.3 is 0 Å². The molecule has 8 heteroatoms. The van der Waals surface area contributed by atoms with Gasteiger partial charge in [0.25, 0.3) is 0 Å². The number of hydrogen-bond donors (Lipinski definition) is 2. The fraction of sp³-hybridized carbons (Fsp3) is 0.333. The number of anilines is 1. The van der Waals surface area contributed by atoms with Gasteiger partial charge in [0.2, 0.25) is 5.89 Å². The molecule has 1 aliphatic rings. The topological polar surface area (TPSA) is 65.7 Å². The number of piperidine rings is 1.